The lowest BCUT2D eigenvalue weighted by molar-refractivity contribution is 0.606. The fourth-order valence-corrected chi connectivity index (χ4v) is 1.71. The average Bonchev–Trinajstić information content (AvgIpc) is 2.29. The second-order valence-electron chi connectivity index (χ2n) is 3.32. The van der Waals surface area contributed by atoms with Gasteiger partial charge in [0.2, 0.25) is 0 Å². The Kier molecular flexibility index (Phi) is 1.59. The molecule has 0 aliphatic heterocycles. The van der Waals surface area contributed by atoms with Crippen LogP contribution in [0.5, 0.6) is 0 Å². The van der Waals surface area contributed by atoms with Crippen molar-refractivity contribution in [2.75, 3.05) is 0 Å². The van der Waals surface area contributed by atoms with Crippen molar-refractivity contribution in [3.8, 4) is 0 Å². The first-order chi connectivity index (χ1) is 7.36. The molecule has 0 radical (unpaired) electrons. The molecule has 0 amide bonds. The maximum atomic E-state index is 11.5. The summed E-state index contributed by atoms with van der Waals surface area (Å²) in [7, 11) is 0. The van der Waals surface area contributed by atoms with E-state index in [2.05, 4.69) is 4.98 Å². The minimum Gasteiger partial charge on any atom is -0.463 e. The van der Waals surface area contributed by atoms with Crippen molar-refractivity contribution in [1.82, 2.24) is 4.98 Å². The van der Waals surface area contributed by atoms with Gasteiger partial charge in [-0.2, -0.15) is 0 Å². The van der Waals surface area contributed by atoms with Crippen LogP contribution in [0.15, 0.2) is 52.1 Å². The van der Waals surface area contributed by atoms with Crippen molar-refractivity contribution in [2.45, 2.75) is 0 Å². The van der Waals surface area contributed by atoms with Gasteiger partial charge in [0.05, 0.1) is 11.6 Å². The lowest BCUT2D eigenvalue weighted by Gasteiger charge is -2.00. The molecule has 0 aliphatic carbocycles. The highest BCUT2D eigenvalue weighted by molar-refractivity contribution is 6.03. The minimum atomic E-state index is -0.0259. The van der Waals surface area contributed by atoms with Gasteiger partial charge in [0, 0.05) is 23.8 Å². The zero-order chi connectivity index (χ0) is 10.3. The summed E-state index contributed by atoms with van der Waals surface area (Å²) >= 11 is 0. The van der Waals surface area contributed by atoms with Gasteiger partial charge in [0.25, 0.3) is 0 Å². The van der Waals surface area contributed by atoms with Gasteiger partial charge in [0.15, 0.2) is 5.43 Å². The normalized spacial score (nSPS) is 10.9. The number of nitrogens with zero attached hydrogens (tertiary/aromatic N) is 1. The SMILES string of the molecule is O=c1ccoc2c1ccc1ccncc12. The molecular weight excluding hydrogens is 190 g/mol. The summed E-state index contributed by atoms with van der Waals surface area (Å²) < 4.78 is 5.37. The number of rotatable bonds is 0. The number of pyridine rings is 1. The second kappa shape index (κ2) is 2.92. The van der Waals surface area contributed by atoms with Gasteiger partial charge < -0.3 is 4.42 Å². The Hall–Kier alpha value is -2.16. The van der Waals surface area contributed by atoms with E-state index in [1.54, 1.807) is 18.5 Å². The molecule has 0 N–H and O–H groups in total. The first-order valence-electron chi connectivity index (χ1n) is 4.60. The molecule has 2 heterocycles. The maximum absolute atomic E-state index is 11.5. The van der Waals surface area contributed by atoms with Crippen LogP contribution in [0.4, 0.5) is 0 Å². The number of benzene rings is 1. The van der Waals surface area contributed by atoms with Crippen molar-refractivity contribution in [1.29, 1.82) is 0 Å². The van der Waals surface area contributed by atoms with Gasteiger partial charge in [-0.15, -0.1) is 0 Å². The summed E-state index contributed by atoms with van der Waals surface area (Å²) in [5.74, 6) is 0. The van der Waals surface area contributed by atoms with Gasteiger partial charge in [0.1, 0.15) is 5.58 Å². The van der Waals surface area contributed by atoms with Gasteiger partial charge in [-0.3, -0.25) is 9.78 Å². The van der Waals surface area contributed by atoms with Crippen molar-refractivity contribution in [3.63, 3.8) is 0 Å². The Balaban J connectivity index is 2.67. The average molecular weight is 197 g/mol. The highest BCUT2D eigenvalue weighted by Gasteiger charge is 2.04. The molecule has 2 aromatic heterocycles. The molecule has 0 atom stereocenters. The first-order valence-corrected chi connectivity index (χ1v) is 4.60. The molecule has 3 heteroatoms. The van der Waals surface area contributed by atoms with Crippen molar-refractivity contribution < 1.29 is 4.42 Å². The Labute approximate surface area is 85.0 Å². The van der Waals surface area contributed by atoms with E-state index in [0.29, 0.717) is 11.0 Å². The van der Waals surface area contributed by atoms with Gasteiger partial charge in [-0.05, 0) is 17.5 Å². The van der Waals surface area contributed by atoms with E-state index in [4.69, 9.17) is 4.42 Å². The molecule has 0 fully saturated rings. The topological polar surface area (TPSA) is 43.1 Å². The van der Waals surface area contributed by atoms with E-state index in [0.717, 1.165) is 10.8 Å². The van der Waals surface area contributed by atoms with Crippen molar-refractivity contribution in [3.05, 3.63) is 53.1 Å². The van der Waals surface area contributed by atoms with E-state index in [-0.39, 0.29) is 5.43 Å². The van der Waals surface area contributed by atoms with Crippen molar-refractivity contribution >= 4 is 21.7 Å². The van der Waals surface area contributed by atoms with Gasteiger partial charge >= 0.3 is 0 Å². The quantitative estimate of drug-likeness (QED) is 0.519. The standard InChI is InChI=1S/C12H7NO2/c14-11-4-6-15-12-9(11)2-1-8-3-5-13-7-10(8)12/h1-7H. The van der Waals surface area contributed by atoms with Crippen LogP contribution < -0.4 is 5.43 Å². The predicted octanol–water partition coefficient (Wildman–Crippen LogP) is 2.34. The summed E-state index contributed by atoms with van der Waals surface area (Å²) in [6, 6.07) is 6.99. The highest BCUT2D eigenvalue weighted by Crippen LogP contribution is 2.21. The Morgan fingerprint density at radius 1 is 1.07 bits per heavy atom. The predicted molar refractivity (Wildman–Crippen MR) is 57.8 cm³/mol. The van der Waals surface area contributed by atoms with Crippen molar-refractivity contribution in [2.24, 2.45) is 0 Å². The lowest BCUT2D eigenvalue weighted by atomic mass is 10.1. The van der Waals surface area contributed by atoms with E-state index < -0.39 is 0 Å². The number of hydrogen-bond acceptors (Lipinski definition) is 3. The molecular formula is C12H7NO2. The number of hydrogen-bond donors (Lipinski definition) is 0. The van der Waals surface area contributed by atoms with Crippen LogP contribution in [0.1, 0.15) is 0 Å². The molecule has 0 unspecified atom stereocenters. The van der Waals surface area contributed by atoms with Crippen LogP contribution in [-0.4, -0.2) is 4.98 Å². The fourth-order valence-electron chi connectivity index (χ4n) is 1.71. The van der Waals surface area contributed by atoms with Crippen LogP contribution in [0.3, 0.4) is 0 Å². The van der Waals surface area contributed by atoms with E-state index in [9.17, 15) is 4.79 Å². The third kappa shape index (κ3) is 1.13. The maximum Gasteiger partial charge on any atom is 0.192 e. The third-order valence-corrected chi connectivity index (χ3v) is 2.44. The van der Waals surface area contributed by atoms with Crippen LogP contribution in [0.25, 0.3) is 21.7 Å². The zero-order valence-electron chi connectivity index (χ0n) is 7.81. The Morgan fingerprint density at radius 2 is 2.00 bits per heavy atom. The summed E-state index contributed by atoms with van der Waals surface area (Å²) in [4.78, 5) is 15.6. The smallest absolute Gasteiger partial charge is 0.192 e. The van der Waals surface area contributed by atoms with Gasteiger partial charge in [-0.1, -0.05) is 6.07 Å². The van der Waals surface area contributed by atoms with Crippen LogP contribution in [0, 0.1) is 0 Å². The lowest BCUT2D eigenvalue weighted by Crippen LogP contribution is -1.97. The van der Waals surface area contributed by atoms with Crippen LogP contribution in [-0.2, 0) is 0 Å². The molecule has 3 nitrogen and oxygen atoms in total. The molecule has 72 valence electrons. The summed E-state index contributed by atoms with van der Waals surface area (Å²) in [5.41, 5.74) is 0.579. The van der Waals surface area contributed by atoms with E-state index in [1.165, 1.54) is 12.3 Å². The third-order valence-electron chi connectivity index (χ3n) is 2.44. The molecule has 0 bridgehead atoms. The minimum absolute atomic E-state index is 0.0259. The molecule has 3 rings (SSSR count). The highest BCUT2D eigenvalue weighted by atomic mass is 16.3. The van der Waals surface area contributed by atoms with Crippen LogP contribution >= 0.6 is 0 Å². The fraction of sp³-hybridized carbons (Fsp3) is 0. The molecule has 0 saturated carbocycles. The summed E-state index contributed by atoms with van der Waals surface area (Å²) in [6.45, 7) is 0. The zero-order valence-corrected chi connectivity index (χ0v) is 7.81. The van der Waals surface area contributed by atoms with Crippen LogP contribution in [0.2, 0.25) is 0 Å². The molecule has 3 aromatic rings. The first kappa shape index (κ1) is 8.17. The molecule has 15 heavy (non-hydrogen) atoms. The molecule has 0 spiro atoms. The summed E-state index contributed by atoms with van der Waals surface area (Å²) in [5, 5.41) is 2.48. The summed E-state index contributed by atoms with van der Waals surface area (Å²) in [6.07, 6.45) is 4.84. The molecule has 0 saturated heterocycles. The van der Waals surface area contributed by atoms with E-state index in [1.807, 2.05) is 12.1 Å². The number of aromatic nitrogens is 1. The Morgan fingerprint density at radius 3 is 2.93 bits per heavy atom. The molecule has 0 aliphatic rings. The number of fused-ring (bicyclic) bond motifs is 3. The second-order valence-corrected chi connectivity index (χ2v) is 3.32. The van der Waals surface area contributed by atoms with E-state index >= 15 is 0 Å². The van der Waals surface area contributed by atoms with Gasteiger partial charge in [-0.25, -0.2) is 0 Å². The molecule has 1 aromatic carbocycles. The monoisotopic (exact) mass is 197 g/mol. The largest absolute Gasteiger partial charge is 0.463 e. The Bertz CT molecular complexity index is 700.